The van der Waals surface area contributed by atoms with Gasteiger partial charge in [0.1, 0.15) is 0 Å². The van der Waals surface area contributed by atoms with E-state index in [1.54, 1.807) is 0 Å². The summed E-state index contributed by atoms with van der Waals surface area (Å²) in [5, 5.41) is 6.79. The highest BCUT2D eigenvalue weighted by Gasteiger charge is 2.38. The fraction of sp³-hybridized carbons (Fsp3) is 0.348. The lowest BCUT2D eigenvalue weighted by atomic mass is 9.76. The standard InChI is InChI=1S/C23H26N2O/c1-23(2,3)25-22(26)16-12-13-20-19(14-16)17-10-7-11-18(17)21(24-20)15-8-5-4-6-9-15/h4-10,12-14,17-18,21,24H,11H2,1-3H3,(H,25,26). The first-order chi connectivity index (χ1) is 12.4. The van der Waals surface area contributed by atoms with Gasteiger partial charge in [0.05, 0.1) is 6.04 Å². The van der Waals surface area contributed by atoms with Gasteiger partial charge in [-0.05, 0) is 62.4 Å². The van der Waals surface area contributed by atoms with Crippen molar-refractivity contribution in [3.63, 3.8) is 0 Å². The molecule has 2 N–H and O–H groups in total. The highest BCUT2D eigenvalue weighted by atomic mass is 16.1. The summed E-state index contributed by atoms with van der Waals surface area (Å²) >= 11 is 0. The Hall–Kier alpha value is -2.55. The number of carbonyl (C=O) groups is 1. The molecular weight excluding hydrogens is 320 g/mol. The fourth-order valence-electron chi connectivity index (χ4n) is 4.14. The minimum Gasteiger partial charge on any atom is -0.378 e. The van der Waals surface area contributed by atoms with E-state index in [9.17, 15) is 4.79 Å². The molecule has 0 spiro atoms. The van der Waals surface area contributed by atoms with E-state index in [4.69, 9.17) is 0 Å². The van der Waals surface area contributed by atoms with Crippen LogP contribution in [0.4, 0.5) is 5.69 Å². The zero-order valence-corrected chi connectivity index (χ0v) is 15.6. The normalized spacial score (nSPS) is 23.7. The van der Waals surface area contributed by atoms with Crippen molar-refractivity contribution in [1.82, 2.24) is 5.32 Å². The monoisotopic (exact) mass is 346 g/mol. The Kier molecular flexibility index (Phi) is 4.10. The van der Waals surface area contributed by atoms with Crippen LogP contribution in [0.3, 0.4) is 0 Å². The first-order valence-corrected chi connectivity index (χ1v) is 9.37. The molecule has 0 saturated heterocycles. The van der Waals surface area contributed by atoms with Crippen molar-refractivity contribution in [2.45, 2.75) is 44.7 Å². The van der Waals surface area contributed by atoms with Crippen LogP contribution < -0.4 is 10.6 Å². The number of nitrogens with one attached hydrogen (secondary N) is 2. The molecule has 26 heavy (non-hydrogen) atoms. The van der Waals surface area contributed by atoms with Crippen molar-refractivity contribution in [2.24, 2.45) is 5.92 Å². The molecule has 0 aromatic heterocycles. The summed E-state index contributed by atoms with van der Waals surface area (Å²) in [5.41, 5.74) is 4.19. The van der Waals surface area contributed by atoms with Crippen LogP contribution in [0.5, 0.6) is 0 Å². The number of allylic oxidation sites excluding steroid dienone is 2. The average Bonchev–Trinajstić information content (AvgIpc) is 3.10. The van der Waals surface area contributed by atoms with Crippen LogP contribution in [0, 0.1) is 5.92 Å². The molecule has 3 unspecified atom stereocenters. The number of benzene rings is 2. The van der Waals surface area contributed by atoms with E-state index in [0.29, 0.717) is 17.9 Å². The Morgan fingerprint density at radius 2 is 1.88 bits per heavy atom. The predicted molar refractivity (Wildman–Crippen MR) is 106 cm³/mol. The zero-order chi connectivity index (χ0) is 18.3. The second-order valence-electron chi connectivity index (χ2n) is 8.39. The molecule has 2 aromatic rings. The van der Waals surface area contributed by atoms with E-state index in [-0.39, 0.29) is 11.4 Å². The van der Waals surface area contributed by atoms with Crippen LogP contribution >= 0.6 is 0 Å². The summed E-state index contributed by atoms with van der Waals surface area (Å²) < 4.78 is 0. The smallest absolute Gasteiger partial charge is 0.251 e. The third kappa shape index (κ3) is 3.14. The number of rotatable bonds is 2. The number of fused-ring (bicyclic) bond motifs is 3. The average molecular weight is 346 g/mol. The van der Waals surface area contributed by atoms with Crippen molar-refractivity contribution >= 4 is 11.6 Å². The van der Waals surface area contributed by atoms with Crippen LogP contribution in [0.25, 0.3) is 0 Å². The van der Waals surface area contributed by atoms with E-state index in [1.807, 2.05) is 26.8 Å². The van der Waals surface area contributed by atoms with Crippen molar-refractivity contribution in [1.29, 1.82) is 0 Å². The van der Waals surface area contributed by atoms with Crippen LogP contribution in [0.1, 0.15) is 60.6 Å². The Labute approximate surface area is 155 Å². The van der Waals surface area contributed by atoms with Gasteiger partial charge in [-0.3, -0.25) is 4.79 Å². The summed E-state index contributed by atoms with van der Waals surface area (Å²) in [6.07, 6.45) is 5.66. The zero-order valence-electron chi connectivity index (χ0n) is 15.6. The van der Waals surface area contributed by atoms with Gasteiger partial charge in [0, 0.05) is 22.7 Å². The molecule has 2 aliphatic rings. The fourth-order valence-corrected chi connectivity index (χ4v) is 4.14. The first-order valence-electron chi connectivity index (χ1n) is 9.37. The maximum absolute atomic E-state index is 12.6. The van der Waals surface area contributed by atoms with Crippen molar-refractivity contribution in [3.8, 4) is 0 Å². The van der Waals surface area contributed by atoms with Crippen LogP contribution in [-0.2, 0) is 0 Å². The molecule has 3 nitrogen and oxygen atoms in total. The molecule has 4 rings (SSSR count). The molecule has 1 aliphatic heterocycles. The lowest BCUT2D eigenvalue weighted by molar-refractivity contribution is 0.0919. The third-order valence-corrected chi connectivity index (χ3v) is 5.27. The van der Waals surface area contributed by atoms with Crippen molar-refractivity contribution in [3.05, 3.63) is 77.4 Å². The molecule has 1 heterocycles. The summed E-state index contributed by atoms with van der Waals surface area (Å²) in [5.74, 6) is 0.841. The second-order valence-corrected chi connectivity index (χ2v) is 8.39. The van der Waals surface area contributed by atoms with E-state index >= 15 is 0 Å². The Balaban J connectivity index is 1.68. The Bertz CT molecular complexity index is 848. The molecule has 0 saturated carbocycles. The molecular formula is C23H26N2O. The van der Waals surface area contributed by atoms with Gasteiger partial charge < -0.3 is 10.6 Å². The van der Waals surface area contributed by atoms with Gasteiger partial charge in [0.2, 0.25) is 0 Å². The van der Waals surface area contributed by atoms with E-state index in [2.05, 4.69) is 65.3 Å². The highest BCUT2D eigenvalue weighted by Crippen LogP contribution is 2.49. The Morgan fingerprint density at radius 3 is 2.62 bits per heavy atom. The molecule has 1 amide bonds. The predicted octanol–water partition coefficient (Wildman–Crippen LogP) is 5.04. The minimum absolute atomic E-state index is 0.0102. The van der Waals surface area contributed by atoms with E-state index in [1.165, 1.54) is 11.1 Å². The van der Waals surface area contributed by atoms with Crippen LogP contribution in [-0.4, -0.2) is 11.4 Å². The summed E-state index contributed by atoms with van der Waals surface area (Å²) in [6, 6.07) is 17.0. The molecule has 0 fully saturated rings. The number of carbonyl (C=O) groups excluding carboxylic acids is 1. The summed E-state index contributed by atoms with van der Waals surface area (Å²) in [7, 11) is 0. The van der Waals surface area contributed by atoms with Gasteiger partial charge in [-0.2, -0.15) is 0 Å². The lowest BCUT2D eigenvalue weighted by Gasteiger charge is -2.37. The summed E-state index contributed by atoms with van der Waals surface area (Å²) in [6.45, 7) is 6.02. The van der Waals surface area contributed by atoms with Crippen molar-refractivity contribution < 1.29 is 4.79 Å². The van der Waals surface area contributed by atoms with Gasteiger partial charge >= 0.3 is 0 Å². The SMILES string of the molecule is CC(C)(C)NC(=O)c1ccc2c(c1)C1C=CCC1C(c1ccccc1)N2. The molecule has 0 radical (unpaired) electrons. The number of anilines is 1. The maximum Gasteiger partial charge on any atom is 0.251 e. The molecule has 1 aliphatic carbocycles. The Morgan fingerprint density at radius 1 is 1.12 bits per heavy atom. The molecule has 2 aromatic carbocycles. The molecule has 3 atom stereocenters. The number of hydrogen-bond acceptors (Lipinski definition) is 2. The van der Waals surface area contributed by atoms with E-state index < -0.39 is 0 Å². The largest absolute Gasteiger partial charge is 0.378 e. The van der Waals surface area contributed by atoms with Crippen LogP contribution in [0.15, 0.2) is 60.7 Å². The molecule has 0 bridgehead atoms. The quantitative estimate of drug-likeness (QED) is 0.748. The minimum atomic E-state index is -0.237. The first kappa shape index (κ1) is 16.9. The van der Waals surface area contributed by atoms with Gasteiger partial charge in [-0.25, -0.2) is 0 Å². The van der Waals surface area contributed by atoms with Gasteiger partial charge in [-0.1, -0.05) is 42.5 Å². The van der Waals surface area contributed by atoms with E-state index in [0.717, 1.165) is 17.7 Å². The lowest BCUT2D eigenvalue weighted by Crippen LogP contribution is -2.40. The van der Waals surface area contributed by atoms with Crippen LogP contribution in [0.2, 0.25) is 0 Å². The molecule has 134 valence electrons. The van der Waals surface area contributed by atoms with Gasteiger partial charge in [0.25, 0.3) is 5.91 Å². The van der Waals surface area contributed by atoms with Crippen molar-refractivity contribution in [2.75, 3.05) is 5.32 Å². The summed E-state index contributed by atoms with van der Waals surface area (Å²) in [4.78, 5) is 12.6. The second kappa shape index (κ2) is 6.31. The van der Waals surface area contributed by atoms with Gasteiger partial charge in [-0.15, -0.1) is 0 Å². The number of hydrogen-bond donors (Lipinski definition) is 2. The topological polar surface area (TPSA) is 41.1 Å². The van der Waals surface area contributed by atoms with Gasteiger partial charge in [0.15, 0.2) is 0 Å². The third-order valence-electron chi connectivity index (χ3n) is 5.27. The number of amides is 1. The highest BCUT2D eigenvalue weighted by molar-refractivity contribution is 5.95. The molecule has 3 heteroatoms. The maximum atomic E-state index is 12.6.